The molecule has 0 aliphatic heterocycles. The van der Waals surface area contributed by atoms with Crippen molar-refractivity contribution in [3.05, 3.63) is 0 Å². The van der Waals surface area contributed by atoms with Crippen molar-refractivity contribution < 1.29 is 0 Å². The monoisotopic (exact) mass is 196 g/mol. The highest BCUT2D eigenvalue weighted by Gasteiger charge is 2.31. The van der Waals surface area contributed by atoms with Crippen LogP contribution in [-0.2, 0) is 0 Å². The van der Waals surface area contributed by atoms with Gasteiger partial charge in [0.05, 0.1) is 0 Å². The fraction of sp³-hybridized carbons (Fsp3) is 1.00. The van der Waals surface area contributed by atoms with Crippen LogP contribution in [0.5, 0.6) is 0 Å². The summed E-state index contributed by atoms with van der Waals surface area (Å²) in [5.74, 6) is 2.11. The van der Waals surface area contributed by atoms with Gasteiger partial charge in [-0.1, -0.05) is 25.7 Å². The Labute approximate surface area is 88.0 Å². The summed E-state index contributed by atoms with van der Waals surface area (Å²) in [6.07, 6.45) is 10.3. The van der Waals surface area contributed by atoms with Crippen molar-refractivity contribution in [1.29, 1.82) is 0 Å². The first-order chi connectivity index (χ1) is 6.75. The molecule has 2 rings (SSSR count). The maximum Gasteiger partial charge on any atom is 0.0217 e. The first-order valence-corrected chi connectivity index (χ1v) is 6.19. The molecule has 2 fully saturated rings. The summed E-state index contributed by atoms with van der Waals surface area (Å²) in [5.41, 5.74) is 3.55. The van der Waals surface area contributed by atoms with Gasteiger partial charge in [0.25, 0.3) is 0 Å². The van der Waals surface area contributed by atoms with Gasteiger partial charge in [-0.05, 0) is 31.1 Å². The number of fused-ring (bicyclic) bond motifs is 1. The Morgan fingerprint density at radius 2 is 1.64 bits per heavy atom. The van der Waals surface area contributed by atoms with Crippen molar-refractivity contribution in [2.24, 2.45) is 11.8 Å². The lowest BCUT2D eigenvalue weighted by Gasteiger charge is -2.40. The zero-order valence-electron chi connectivity index (χ0n) is 9.63. The van der Waals surface area contributed by atoms with E-state index >= 15 is 0 Å². The van der Waals surface area contributed by atoms with E-state index in [-0.39, 0.29) is 0 Å². The van der Waals surface area contributed by atoms with Crippen LogP contribution in [0.3, 0.4) is 0 Å². The van der Waals surface area contributed by atoms with Crippen LogP contribution in [0.25, 0.3) is 0 Å². The van der Waals surface area contributed by atoms with E-state index in [0.717, 1.165) is 17.9 Å². The molecule has 0 aromatic carbocycles. The summed E-state index contributed by atoms with van der Waals surface area (Å²) < 4.78 is 0. The second kappa shape index (κ2) is 4.63. The molecule has 0 saturated heterocycles. The third-order valence-corrected chi connectivity index (χ3v) is 3.98. The number of hydrogen-bond donors (Lipinski definition) is 1. The highest BCUT2D eigenvalue weighted by molar-refractivity contribution is 4.85. The number of rotatable bonds is 2. The van der Waals surface area contributed by atoms with E-state index in [9.17, 15) is 0 Å². The minimum absolute atomic E-state index is 0.754. The SMILES string of the molecule is CN(C)NC1CCC2CCCCC2C1. The summed E-state index contributed by atoms with van der Waals surface area (Å²) in [6, 6.07) is 0.754. The molecule has 0 aromatic heterocycles. The van der Waals surface area contributed by atoms with Crippen molar-refractivity contribution in [2.45, 2.75) is 51.0 Å². The second-order valence-corrected chi connectivity index (χ2v) is 5.34. The fourth-order valence-electron chi connectivity index (χ4n) is 3.36. The van der Waals surface area contributed by atoms with Gasteiger partial charge in [0.2, 0.25) is 0 Å². The van der Waals surface area contributed by atoms with Crippen LogP contribution in [0.2, 0.25) is 0 Å². The van der Waals surface area contributed by atoms with Crippen LogP contribution in [0, 0.1) is 11.8 Å². The zero-order valence-corrected chi connectivity index (χ0v) is 9.63. The molecule has 0 heterocycles. The van der Waals surface area contributed by atoms with Crippen molar-refractivity contribution in [3.8, 4) is 0 Å². The maximum absolute atomic E-state index is 3.55. The molecule has 0 amide bonds. The summed E-state index contributed by atoms with van der Waals surface area (Å²) in [7, 11) is 4.21. The van der Waals surface area contributed by atoms with E-state index in [1.54, 1.807) is 0 Å². The highest BCUT2D eigenvalue weighted by Crippen LogP contribution is 2.40. The van der Waals surface area contributed by atoms with Crippen LogP contribution >= 0.6 is 0 Å². The predicted octanol–water partition coefficient (Wildman–Crippen LogP) is 2.41. The van der Waals surface area contributed by atoms with Gasteiger partial charge in [0, 0.05) is 20.1 Å². The predicted molar refractivity (Wildman–Crippen MR) is 59.9 cm³/mol. The smallest absolute Gasteiger partial charge is 0.0217 e. The molecule has 0 bridgehead atoms. The van der Waals surface area contributed by atoms with Gasteiger partial charge < -0.3 is 0 Å². The quantitative estimate of drug-likeness (QED) is 0.682. The Bertz CT molecular complexity index is 179. The lowest BCUT2D eigenvalue weighted by atomic mass is 9.69. The molecular formula is C12H24N2. The van der Waals surface area contributed by atoms with Crippen LogP contribution in [0.4, 0.5) is 0 Å². The molecule has 0 aromatic rings. The van der Waals surface area contributed by atoms with Crippen LogP contribution < -0.4 is 5.43 Å². The van der Waals surface area contributed by atoms with Gasteiger partial charge in [-0.3, -0.25) is 10.4 Å². The van der Waals surface area contributed by atoms with E-state index in [4.69, 9.17) is 0 Å². The minimum Gasteiger partial charge on any atom is -0.253 e. The van der Waals surface area contributed by atoms with Gasteiger partial charge in [-0.15, -0.1) is 0 Å². The van der Waals surface area contributed by atoms with E-state index in [0.29, 0.717) is 0 Å². The van der Waals surface area contributed by atoms with Crippen LogP contribution in [0.1, 0.15) is 44.9 Å². The lowest BCUT2D eigenvalue weighted by molar-refractivity contribution is 0.109. The van der Waals surface area contributed by atoms with E-state index < -0.39 is 0 Å². The molecule has 3 unspecified atom stereocenters. The zero-order chi connectivity index (χ0) is 9.97. The Kier molecular flexibility index (Phi) is 3.45. The Morgan fingerprint density at radius 3 is 2.36 bits per heavy atom. The fourth-order valence-corrected chi connectivity index (χ4v) is 3.36. The largest absolute Gasteiger partial charge is 0.253 e. The van der Waals surface area contributed by atoms with Gasteiger partial charge in [-0.25, -0.2) is 0 Å². The molecule has 2 heteroatoms. The summed E-state index contributed by atoms with van der Waals surface area (Å²) >= 11 is 0. The van der Waals surface area contributed by atoms with Crippen molar-refractivity contribution >= 4 is 0 Å². The van der Waals surface area contributed by atoms with Crippen molar-refractivity contribution in [1.82, 2.24) is 10.4 Å². The molecule has 1 N–H and O–H groups in total. The molecule has 0 spiro atoms. The maximum atomic E-state index is 3.55. The van der Waals surface area contributed by atoms with Gasteiger partial charge >= 0.3 is 0 Å². The number of nitrogens with zero attached hydrogens (tertiary/aromatic N) is 1. The third-order valence-electron chi connectivity index (χ3n) is 3.98. The van der Waals surface area contributed by atoms with E-state index in [2.05, 4.69) is 24.5 Å². The molecule has 2 aliphatic rings. The molecular weight excluding hydrogens is 172 g/mol. The standard InChI is InChI=1S/C12H24N2/c1-14(2)13-12-8-7-10-5-3-4-6-11(10)9-12/h10-13H,3-9H2,1-2H3. The van der Waals surface area contributed by atoms with Crippen LogP contribution in [0.15, 0.2) is 0 Å². The van der Waals surface area contributed by atoms with Crippen LogP contribution in [-0.4, -0.2) is 25.1 Å². The first-order valence-electron chi connectivity index (χ1n) is 6.19. The number of hydrazine groups is 1. The highest BCUT2D eigenvalue weighted by atomic mass is 15.5. The van der Waals surface area contributed by atoms with Gasteiger partial charge in [0.15, 0.2) is 0 Å². The third kappa shape index (κ3) is 2.48. The molecule has 2 nitrogen and oxygen atoms in total. The van der Waals surface area contributed by atoms with E-state index in [1.807, 2.05) is 0 Å². The molecule has 82 valence electrons. The van der Waals surface area contributed by atoms with Crippen molar-refractivity contribution in [3.63, 3.8) is 0 Å². The Balaban J connectivity index is 1.83. The summed E-state index contributed by atoms with van der Waals surface area (Å²) in [5, 5.41) is 2.12. The Hall–Kier alpha value is -0.0800. The molecule has 2 aliphatic carbocycles. The number of nitrogens with one attached hydrogen (secondary N) is 1. The average molecular weight is 196 g/mol. The molecule has 0 radical (unpaired) electrons. The molecule has 3 atom stereocenters. The van der Waals surface area contributed by atoms with Crippen molar-refractivity contribution in [2.75, 3.05) is 14.1 Å². The summed E-state index contributed by atoms with van der Waals surface area (Å²) in [4.78, 5) is 0. The first kappa shape index (κ1) is 10.4. The Morgan fingerprint density at radius 1 is 0.929 bits per heavy atom. The van der Waals surface area contributed by atoms with Gasteiger partial charge in [-0.2, -0.15) is 0 Å². The summed E-state index contributed by atoms with van der Waals surface area (Å²) in [6.45, 7) is 0. The second-order valence-electron chi connectivity index (χ2n) is 5.34. The lowest BCUT2D eigenvalue weighted by Crippen LogP contribution is -2.44. The topological polar surface area (TPSA) is 15.3 Å². The van der Waals surface area contributed by atoms with E-state index in [1.165, 1.54) is 44.9 Å². The average Bonchev–Trinajstić information content (AvgIpc) is 2.17. The minimum atomic E-state index is 0.754. The van der Waals surface area contributed by atoms with Gasteiger partial charge in [0.1, 0.15) is 0 Å². The molecule has 14 heavy (non-hydrogen) atoms. The number of hydrogen-bond acceptors (Lipinski definition) is 2. The normalized spacial score (nSPS) is 38.4. The molecule has 2 saturated carbocycles.